The number of rotatable bonds is 2. The number of nitrogens with zero attached hydrogens (tertiary/aromatic N) is 2. The highest BCUT2D eigenvalue weighted by molar-refractivity contribution is 5.72. The Morgan fingerprint density at radius 2 is 2.42 bits per heavy atom. The van der Waals surface area contributed by atoms with E-state index in [9.17, 15) is 4.79 Å². The van der Waals surface area contributed by atoms with Crippen molar-refractivity contribution >= 4 is 5.97 Å². The van der Waals surface area contributed by atoms with Gasteiger partial charge in [0.15, 0.2) is 0 Å². The molecule has 12 heavy (non-hydrogen) atoms. The zero-order valence-electron chi connectivity index (χ0n) is 7.50. The molecule has 66 valence electrons. The molecule has 0 N–H and O–H groups in total. The predicted molar refractivity (Wildman–Crippen MR) is 43.7 cm³/mol. The van der Waals surface area contributed by atoms with E-state index in [0.717, 1.165) is 11.3 Å². The van der Waals surface area contributed by atoms with Crippen LogP contribution in [0.1, 0.15) is 11.3 Å². The lowest BCUT2D eigenvalue weighted by atomic mass is 10.2. The Bertz CT molecular complexity index is 272. The molecule has 0 aliphatic rings. The number of hydrogen-bond acceptors (Lipinski definition) is 3. The third-order valence-corrected chi connectivity index (χ3v) is 1.81. The maximum Gasteiger partial charge on any atom is 0.311 e. The highest BCUT2D eigenvalue weighted by Gasteiger charge is 2.09. The van der Waals surface area contributed by atoms with Crippen LogP contribution in [0.2, 0.25) is 0 Å². The topological polar surface area (TPSA) is 44.1 Å². The average Bonchev–Trinajstić information content (AvgIpc) is 2.35. The molecule has 0 saturated carbocycles. The summed E-state index contributed by atoms with van der Waals surface area (Å²) in [6, 6.07) is 0. The lowest BCUT2D eigenvalue weighted by Crippen LogP contribution is -2.09. The van der Waals surface area contributed by atoms with Crippen molar-refractivity contribution in [2.45, 2.75) is 13.3 Å². The van der Waals surface area contributed by atoms with Crippen molar-refractivity contribution in [3.63, 3.8) is 0 Å². The van der Waals surface area contributed by atoms with Gasteiger partial charge in [0.05, 0.1) is 25.4 Å². The maximum absolute atomic E-state index is 10.9. The van der Waals surface area contributed by atoms with Crippen LogP contribution in [0.25, 0.3) is 0 Å². The minimum atomic E-state index is -0.235. The number of carbonyl (C=O) groups excluding carboxylic acids is 1. The van der Waals surface area contributed by atoms with Crippen LogP contribution in [0, 0.1) is 6.92 Å². The maximum atomic E-state index is 10.9. The molecule has 0 unspecified atom stereocenters. The van der Waals surface area contributed by atoms with Gasteiger partial charge in [-0.1, -0.05) is 0 Å². The molecule has 0 aliphatic heterocycles. The normalized spacial score (nSPS) is 9.92. The molecule has 0 aliphatic carbocycles. The molecule has 1 rings (SSSR count). The fourth-order valence-corrected chi connectivity index (χ4v) is 1.04. The smallest absolute Gasteiger partial charge is 0.311 e. The number of aromatic nitrogens is 2. The summed E-state index contributed by atoms with van der Waals surface area (Å²) in [6.45, 7) is 1.92. The number of methoxy groups -OCH3 is 1. The second-order valence-electron chi connectivity index (χ2n) is 2.65. The highest BCUT2D eigenvalue weighted by atomic mass is 16.5. The zero-order chi connectivity index (χ0) is 9.14. The van der Waals surface area contributed by atoms with E-state index in [4.69, 9.17) is 0 Å². The molecular weight excluding hydrogens is 156 g/mol. The number of hydrogen-bond donors (Lipinski definition) is 0. The average molecular weight is 168 g/mol. The molecule has 0 spiro atoms. The monoisotopic (exact) mass is 168 g/mol. The van der Waals surface area contributed by atoms with Gasteiger partial charge in [0, 0.05) is 7.05 Å². The van der Waals surface area contributed by atoms with Gasteiger partial charge < -0.3 is 4.74 Å². The molecule has 0 radical (unpaired) electrons. The summed E-state index contributed by atoms with van der Waals surface area (Å²) in [4.78, 5) is 10.9. The Morgan fingerprint density at radius 1 is 1.75 bits per heavy atom. The van der Waals surface area contributed by atoms with E-state index in [2.05, 4.69) is 9.84 Å². The molecule has 0 saturated heterocycles. The van der Waals surface area contributed by atoms with Crippen molar-refractivity contribution in [1.29, 1.82) is 0 Å². The van der Waals surface area contributed by atoms with Crippen molar-refractivity contribution in [2.24, 2.45) is 7.05 Å². The van der Waals surface area contributed by atoms with E-state index < -0.39 is 0 Å². The second kappa shape index (κ2) is 3.38. The third-order valence-electron chi connectivity index (χ3n) is 1.81. The van der Waals surface area contributed by atoms with Crippen molar-refractivity contribution in [3.05, 3.63) is 17.5 Å². The molecular formula is C8H12N2O2. The van der Waals surface area contributed by atoms with Gasteiger partial charge in [-0.05, 0) is 12.5 Å². The largest absolute Gasteiger partial charge is 0.469 e. The van der Waals surface area contributed by atoms with E-state index in [0.29, 0.717) is 6.42 Å². The fourth-order valence-electron chi connectivity index (χ4n) is 1.04. The molecule has 0 atom stereocenters. The van der Waals surface area contributed by atoms with Crippen LogP contribution in [-0.4, -0.2) is 22.9 Å². The quantitative estimate of drug-likeness (QED) is 0.602. The molecule has 0 bridgehead atoms. The van der Waals surface area contributed by atoms with Crippen LogP contribution in [0.15, 0.2) is 6.20 Å². The van der Waals surface area contributed by atoms with Crippen molar-refractivity contribution in [2.75, 3.05) is 7.11 Å². The molecule has 1 aromatic rings. The minimum Gasteiger partial charge on any atom is -0.469 e. The van der Waals surface area contributed by atoms with Crippen LogP contribution < -0.4 is 0 Å². The van der Waals surface area contributed by atoms with E-state index in [1.165, 1.54) is 7.11 Å². The van der Waals surface area contributed by atoms with Crippen LogP contribution in [0.4, 0.5) is 0 Å². The summed E-state index contributed by atoms with van der Waals surface area (Å²) in [6.07, 6.45) is 2.02. The first kappa shape index (κ1) is 8.77. The molecule has 1 aromatic heterocycles. The first-order valence-electron chi connectivity index (χ1n) is 3.69. The standard InChI is InChI=1S/C8H12N2O2/c1-6-5-9-10(2)7(6)4-8(11)12-3/h5H,4H2,1-3H3. The molecule has 0 aromatic carbocycles. The Labute approximate surface area is 71.1 Å². The predicted octanol–water partition coefficient (Wildman–Crippen LogP) is 0.444. The molecule has 1 heterocycles. The number of aryl methyl sites for hydroxylation is 2. The lowest BCUT2D eigenvalue weighted by molar-refractivity contribution is -0.139. The SMILES string of the molecule is COC(=O)Cc1c(C)cnn1C. The van der Waals surface area contributed by atoms with Crippen LogP contribution in [0.5, 0.6) is 0 Å². The zero-order valence-corrected chi connectivity index (χ0v) is 7.50. The Kier molecular flexibility index (Phi) is 2.47. The summed E-state index contributed by atoms with van der Waals surface area (Å²) in [5.74, 6) is -0.235. The van der Waals surface area contributed by atoms with E-state index in [1.54, 1.807) is 10.9 Å². The van der Waals surface area contributed by atoms with Crippen molar-refractivity contribution < 1.29 is 9.53 Å². The van der Waals surface area contributed by atoms with E-state index in [-0.39, 0.29) is 5.97 Å². The molecule has 4 nitrogen and oxygen atoms in total. The Morgan fingerprint density at radius 3 is 2.83 bits per heavy atom. The highest BCUT2D eigenvalue weighted by Crippen LogP contribution is 2.06. The van der Waals surface area contributed by atoms with Gasteiger partial charge >= 0.3 is 5.97 Å². The van der Waals surface area contributed by atoms with Gasteiger partial charge in [0.2, 0.25) is 0 Å². The first-order valence-corrected chi connectivity index (χ1v) is 3.69. The minimum absolute atomic E-state index is 0.235. The van der Waals surface area contributed by atoms with Crippen LogP contribution >= 0.6 is 0 Å². The molecule has 4 heteroatoms. The molecule has 0 fully saturated rings. The Hall–Kier alpha value is -1.32. The van der Waals surface area contributed by atoms with Gasteiger partial charge in [-0.3, -0.25) is 9.48 Å². The summed E-state index contributed by atoms with van der Waals surface area (Å²) < 4.78 is 6.24. The Balaban J connectivity index is 2.80. The summed E-state index contributed by atoms with van der Waals surface area (Å²) in [7, 11) is 3.19. The van der Waals surface area contributed by atoms with Gasteiger partial charge in [0.25, 0.3) is 0 Å². The fraction of sp³-hybridized carbons (Fsp3) is 0.500. The van der Waals surface area contributed by atoms with E-state index in [1.807, 2.05) is 14.0 Å². The second-order valence-corrected chi connectivity index (χ2v) is 2.65. The van der Waals surface area contributed by atoms with Gasteiger partial charge in [-0.25, -0.2) is 0 Å². The number of carbonyl (C=O) groups is 1. The van der Waals surface area contributed by atoms with Gasteiger partial charge in [-0.2, -0.15) is 5.10 Å². The first-order chi connectivity index (χ1) is 5.65. The van der Waals surface area contributed by atoms with Gasteiger partial charge in [0.1, 0.15) is 0 Å². The van der Waals surface area contributed by atoms with Crippen LogP contribution in [0.3, 0.4) is 0 Å². The summed E-state index contributed by atoms with van der Waals surface area (Å²) in [5.41, 5.74) is 1.92. The summed E-state index contributed by atoms with van der Waals surface area (Å²) in [5, 5.41) is 4.01. The van der Waals surface area contributed by atoms with Crippen LogP contribution in [-0.2, 0) is 23.0 Å². The van der Waals surface area contributed by atoms with Crippen molar-refractivity contribution in [1.82, 2.24) is 9.78 Å². The third kappa shape index (κ3) is 1.64. The van der Waals surface area contributed by atoms with Gasteiger partial charge in [-0.15, -0.1) is 0 Å². The lowest BCUT2D eigenvalue weighted by Gasteiger charge is -2.01. The number of ether oxygens (including phenoxy) is 1. The van der Waals surface area contributed by atoms with Crippen molar-refractivity contribution in [3.8, 4) is 0 Å². The molecule has 0 amide bonds. The number of esters is 1. The van der Waals surface area contributed by atoms with E-state index >= 15 is 0 Å². The summed E-state index contributed by atoms with van der Waals surface area (Å²) >= 11 is 0.